The van der Waals surface area contributed by atoms with Crippen molar-refractivity contribution in [3.63, 3.8) is 0 Å². The number of nitrogens with one attached hydrogen (secondary N) is 2. The molecule has 32 heavy (non-hydrogen) atoms. The normalized spacial score (nSPS) is 18.2. The lowest BCUT2D eigenvalue weighted by atomic mass is 9.97. The van der Waals surface area contributed by atoms with E-state index in [1.165, 1.54) is 11.8 Å². The van der Waals surface area contributed by atoms with Crippen LogP contribution in [-0.4, -0.2) is 54.0 Å². The van der Waals surface area contributed by atoms with Gasteiger partial charge in [0.05, 0.1) is 18.8 Å². The number of carbonyl (C=O) groups excluding carboxylic acids is 2. The number of nitrogens with zero attached hydrogens (tertiary/aromatic N) is 3. The Bertz CT molecular complexity index is 918. The molecular formula is C23H29N5O3S. The van der Waals surface area contributed by atoms with Crippen LogP contribution in [0.25, 0.3) is 0 Å². The Labute approximate surface area is 192 Å². The Hall–Kier alpha value is -2.81. The molecular weight excluding hydrogens is 426 g/mol. The molecule has 2 fully saturated rings. The third-order valence-corrected chi connectivity index (χ3v) is 6.59. The Morgan fingerprint density at radius 1 is 1.12 bits per heavy atom. The SMILES string of the molecule is COc1ccc(CNC(=O)CSc2ccc(N3CCC[C@H](C(=O)NC4CC4)C3)nn2)cc1. The van der Waals surface area contributed by atoms with E-state index in [1.807, 2.05) is 36.4 Å². The second-order valence-corrected chi connectivity index (χ2v) is 9.21. The van der Waals surface area contributed by atoms with Crippen molar-refractivity contribution in [1.82, 2.24) is 20.8 Å². The highest BCUT2D eigenvalue weighted by atomic mass is 32.2. The van der Waals surface area contributed by atoms with E-state index in [1.54, 1.807) is 7.11 Å². The summed E-state index contributed by atoms with van der Waals surface area (Å²) in [7, 11) is 1.63. The zero-order valence-electron chi connectivity index (χ0n) is 18.3. The monoisotopic (exact) mass is 455 g/mol. The van der Waals surface area contributed by atoms with Gasteiger partial charge >= 0.3 is 0 Å². The number of rotatable bonds is 9. The van der Waals surface area contributed by atoms with Gasteiger partial charge in [-0.2, -0.15) is 0 Å². The van der Waals surface area contributed by atoms with Crippen molar-refractivity contribution in [2.75, 3.05) is 30.9 Å². The van der Waals surface area contributed by atoms with Gasteiger partial charge < -0.3 is 20.3 Å². The number of anilines is 1. The van der Waals surface area contributed by atoms with E-state index in [0.717, 1.165) is 49.4 Å². The third-order valence-electron chi connectivity index (χ3n) is 5.67. The largest absolute Gasteiger partial charge is 0.497 e. The summed E-state index contributed by atoms with van der Waals surface area (Å²) in [6.07, 6.45) is 4.09. The minimum atomic E-state index is -0.0581. The Kier molecular flexibility index (Phi) is 7.47. The molecule has 0 unspecified atom stereocenters. The summed E-state index contributed by atoms with van der Waals surface area (Å²) in [5.74, 6) is 1.96. The highest BCUT2D eigenvalue weighted by molar-refractivity contribution is 7.99. The van der Waals surface area contributed by atoms with E-state index in [-0.39, 0.29) is 23.5 Å². The Balaban J connectivity index is 1.21. The number of hydrogen-bond donors (Lipinski definition) is 2. The van der Waals surface area contributed by atoms with Crippen molar-refractivity contribution in [1.29, 1.82) is 0 Å². The number of methoxy groups -OCH3 is 1. The number of ether oxygens (including phenoxy) is 1. The van der Waals surface area contributed by atoms with Crippen molar-refractivity contribution >= 4 is 29.4 Å². The van der Waals surface area contributed by atoms with Gasteiger partial charge in [-0.1, -0.05) is 23.9 Å². The van der Waals surface area contributed by atoms with E-state index >= 15 is 0 Å². The molecule has 2 amide bonds. The summed E-state index contributed by atoms with van der Waals surface area (Å²) in [4.78, 5) is 26.7. The molecule has 2 aromatic rings. The molecule has 1 aliphatic heterocycles. The van der Waals surface area contributed by atoms with Crippen LogP contribution >= 0.6 is 11.8 Å². The summed E-state index contributed by atoms with van der Waals surface area (Å²) < 4.78 is 5.14. The van der Waals surface area contributed by atoms with Gasteiger partial charge in [-0.05, 0) is 55.5 Å². The average molecular weight is 456 g/mol. The highest BCUT2D eigenvalue weighted by Gasteiger charge is 2.30. The average Bonchev–Trinajstić information content (AvgIpc) is 3.66. The van der Waals surface area contributed by atoms with Gasteiger partial charge in [0.15, 0.2) is 5.82 Å². The standard InChI is InChI=1S/C23H29N5O3S/c1-31-19-8-4-16(5-9-19)13-24-21(29)15-32-22-11-10-20(26-27-22)28-12-2-3-17(14-28)23(30)25-18-6-7-18/h4-5,8-11,17-18H,2-3,6-7,12-15H2,1H3,(H,24,29)(H,25,30)/t17-/m0/s1. The fourth-order valence-electron chi connectivity index (χ4n) is 3.64. The zero-order chi connectivity index (χ0) is 22.3. The van der Waals surface area contributed by atoms with E-state index in [4.69, 9.17) is 4.74 Å². The summed E-state index contributed by atoms with van der Waals surface area (Å²) >= 11 is 1.36. The fourth-order valence-corrected chi connectivity index (χ4v) is 4.28. The summed E-state index contributed by atoms with van der Waals surface area (Å²) in [5, 5.41) is 15.3. The lowest BCUT2D eigenvalue weighted by Gasteiger charge is -2.32. The molecule has 1 saturated carbocycles. The van der Waals surface area contributed by atoms with Gasteiger partial charge in [0.1, 0.15) is 10.8 Å². The number of aromatic nitrogens is 2. The molecule has 0 spiro atoms. The molecule has 1 aromatic carbocycles. The maximum Gasteiger partial charge on any atom is 0.230 e. The van der Waals surface area contributed by atoms with Crippen LogP contribution in [0.3, 0.4) is 0 Å². The molecule has 1 saturated heterocycles. The smallest absolute Gasteiger partial charge is 0.230 e. The maximum absolute atomic E-state index is 12.4. The van der Waals surface area contributed by atoms with Gasteiger partial charge in [0, 0.05) is 25.7 Å². The van der Waals surface area contributed by atoms with Crippen molar-refractivity contribution < 1.29 is 14.3 Å². The second-order valence-electron chi connectivity index (χ2n) is 8.21. The minimum absolute atomic E-state index is 0.00889. The van der Waals surface area contributed by atoms with Gasteiger partial charge in [0.2, 0.25) is 11.8 Å². The quantitative estimate of drug-likeness (QED) is 0.561. The Morgan fingerprint density at radius 2 is 1.94 bits per heavy atom. The first-order valence-corrected chi connectivity index (χ1v) is 12.0. The zero-order valence-corrected chi connectivity index (χ0v) is 19.1. The van der Waals surface area contributed by atoms with Crippen LogP contribution in [0, 0.1) is 5.92 Å². The molecule has 0 radical (unpaired) electrons. The van der Waals surface area contributed by atoms with Crippen LogP contribution in [0.5, 0.6) is 5.75 Å². The number of amides is 2. The molecule has 1 atom stereocenters. The highest BCUT2D eigenvalue weighted by Crippen LogP contribution is 2.25. The molecule has 2 aliphatic rings. The predicted molar refractivity (Wildman–Crippen MR) is 124 cm³/mol. The molecule has 9 heteroatoms. The molecule has 1 aromatic heterocycles. The van der Waals surface area contributed by atoms with E-state index in [9.17, 15) is 9.59 Å². The number of thioether (sulfide) groups is 1. The van der Waals surface area contributed by atoms with Crippen LogP contribution in [0.2, 0.25) is 0 Å². The first kappa shape index (κ1) is 22.4. The first-order chi connectivity index (χ1) is 15.6. The van der Waals surface area contributed by atoms with Crippen molar-refractivity contribution in [2.45, 2.75) is 43.3 Å². The molecule has 2 N–H and O–H groups in total. The Morgan fingerprint density at radius 3 is 2.62 bits per heavy atom. The van der Waals surface area contributed by atoms with Crippen molar-refractivity contribution in [3.8, 4) is 5.75 Å². The first-order valence-electron chi connectivity index (χ1n) is 11.0. The van der Waals surface area contributed by atoms with Crippen LogP contribution < -0.4 is 20.3 Å². The molecule has 0 bridgehead atoms. The number of benzene rings is 1. The predicted octanol–water partition coefficient (Wildman–Crippen LogP) is 2.39. The third kappa shape index (κ3) is 6.35. The molecule has 170 valence electrons. The summed E-state index contributed by atoms with van der Waals surface area (Å²) in [5.41, 5.74) is 1.01. The number of piperidine rings is 1. The van der Waals surface area contributed by atoms with Gasteiger partial charge in [-0.15, -0.1) is 10.2 Å². The molecule has 8 nitrogen and oxygen atoms in total. The van der Waals surface area contributed by atoms with Crippen molar-refractivity contribution in [3.05, 3.63) is 42.0 Å². The second kappa shape index (κ2) is 10.7. The van der Waals surface area contributed by atoms with Crippen LogP contribution in [0.1, 0.15) is 31.2 Å². The van der Waals surface area contributed by atoms with Crippen LogP contribution in [0.15, 0.2) is 41.4 Å². The van der Waals surface area contributed by atoms with Gasteiger partial charge in [-0.25, -0.2) is 0 Å². The summed E-state index contributed by atoms with van der Waals surface area (Å²) in [6, 6.07) is 11.8. The minimum Gasteiger partial charge on any atom is -0.497 e. The summed E-state index contributed by atoms with van der Waals surface area (Å²) in [6.45, 7) is 2.02. The van der Waals surface area contributed by atoms with Crippen molar-refractivity contribution in [2.24, 2.45) is 5.92 Å². The molecule has 4 rings (SSSR count). The van der Waals surface area contributed by atoms with Crippen LogP contribution in [-0.2, 0) is 16.1 Å². The van der Waals surface area contributed by atoms with E-state index < -0.39 is 0 Å². The topological polar surface area (TPSA) is 96.5 Å². The molecule has 2 heterocycles. The number of hydrogen-bond acceptors (Lipinski definition) is 7. The number of carbonyl (C=O) groups is 2. The lowest BCUT2D eigenvalue weighted by molar-refractivity contribution is -0.125. The fraction of sp³-hybridized carbons (Fsp3) is 0.478. The van der Waals surface area contributed by atoms with Gasteiger partial charge in [-0.3, -0.25) is 9.59 Å². The molecule has 1 aliphatic carbocycles. The van der Waals surface area contributed by atoms with E-state index in [2.05, 4.69) is 25.7 Å². The maximum atomic E-state index is 12.4. The van der Waals surface area contributed by atoms with Gasteiger partial charge in [0.25, 0.3) is 0 Å². The van der Waals surface area contributed by atoms with Crippen LogP contribution in [0.4, 0.5) is 5.82 Å². The van der Waals surface area contributed by atoms with E-state index in [0.29, 0.717) is 24.2 Å². The lowest BCUT2D eigenvalue weighted by Crippen LogP contribution is -2.44.